The van der Waals surface area contributed by atoms with Crippen molar-refractivity contribution < 1.29 is 19.4 Å². The van der Waals surface area contributed by atoms with Crippen LogP contribution < -0.4 is 4.74 Å². The molecule has 0 spiro atoms. The normalized spacial score (nSPS) is 22.8. The van der Waals surface area contributed by atoms with Gasteiger partial charge in [-0.15, -0.1) is 0 Å². The summed E-state index contributed by atoms with van der Waals surface area (Å²) in [5, 5.41) is 10.2. The number of aliphatic hydroxyl groups excluding tert-OH is 1. The fourth-order valence-electron chi connectivity index (χ4n) is 2.39. The molecule has 0 amide bonds. The van der Waals surface area contributed by atoms with Crippen LogP contribution in [0.2, 0.25) is 0 Å². The molecule has 0 heterocycles. The lowest BCUT2D eigenvalue weighted by Gasteiger charge is -2.29. The highest BCUT2D eigenvalue weighted by atomic mass is 16.5. The number of esters is 1. The molecule has 1 aromatic carbocycles. The molecule has 4 nitrogen and oxygen atoms in total. The third-order valence-corrected chi connectivity index (χ3v) is 3.30. The van der Waals surface area contributed by atoms with Crippen LogP contribution in [0, 0.1) is 5.92 Å². The molecule has 4 heteroatoms. The van der Waals surface area contributed by atoms with E-state index in [1.165, 1.54) is 7.11 Å². The quantitative estimate of drug-likeness (QED) is 0.790. The van der Waals surface area contributed by atoms with Gasteiger partial charge in [0.25, 0.3) is 0 Å². The summed E-state index contributed by atoms with van der Waals surface area (Å²) >= 11 is 0. The van der Waals surface area contributed by atoms with Crippen molar-refractivity contribution in [1.29, 1.82) is 0 Å². The minimum absolute atomic E-state index is 0.356. The smallest absolute Gasteiger partial charge is 0.311 e. The molecule has 0 saturated carbocycles. The molecule has 0 bridgehead atoms. The van der Waals surface area contributed by atoms with Crippen molar-refractivity contribution in [3.8, 4) is 5.75 Å². The van der Waals surface area contributed by atoms with Crippen LogP contribution in [0.15, 0.2) is 18.2 Å². The van der Waals surface area contributed by atoms with Gasteiger partial charge in [-0.05, 0) is 30.0 Å². The number of hydrogen-bond acceptors (Lipinski definition) is 4. The van der Waals surface area contributed by atoms with Crippen LogP contribution in [0.25, 0.3) is 0 Å². The van der Waals surface area contributed by atoms with Gasteiger partial charge in [0, 0.05) is 0 Å². The third kappa shape index (κ3) is 2.00. The molecule has 0 fully saturated rings. The van der Waals surface area contributed by atoms with Crippen LogP contribution >= 0.6 is 0 Å². The number of benzene rings is 1. The van der Waals surface area contributed by atoms with Crippen molar-refractivity contribution in [3.05, 3.63) is 29.3 Å². The van der Waals surface area contributed by atoms with Gasteiger partial charge in [-0.3, -0.25) is 4.79 Å². The fraction of sp³-hybridized carbons (Fsp3) is 0.462. The summed E-state index contributed by atoms with van der Waals surface area (Å²) in [6, 6.07) is 5.52. The Balaban J connectivity index is 2.36. The van der Waals surface area contributed by atoms with Crippen molar-refractivity contribution in [1.82, 2.24) is 0 Å². The van der Waals surface area contributed by atoms with Crippen LogP contribution in [-0.2, 0) is 16.0 Å². The molecule has 0 radical (unpaired) electrons. The molecular weight excluding hydrogens is 220 g/mol. The van der Waals surface area contributed by atoms with Crippen molar-refractivity contribution >= 4 is 5.97 Å². The van der Waals surface area contributed by atoms with Gasteiger partial charge < -0.3 is 14.6 Å². The predicted octanol–water partition coefficient (Wildman–Crippen LogP) is 1.46. The molecule has 0 aliphatic heterocycles. The average molecular weight is 236 g/mol. The lowest BCUT2D eigenvalue weighted by molar-refractivity contribution is -0.150. The molecule has 1 aromatic rings. The second kappa shape index (κ2) is 4.75. The Morgan fingerprint density at radius 3 is 2.82 bits per heavy atom. The molecule has 92 valence electrons. The van der Waals surface area contributed by atoms with Gasteiger partial charge in [-0.25, -0.2) is 0 Å². The second-order valence-corrected chi connectivity index (χ2v) is 4.14. The zero-order valence-electron chi connectivity index (χ0n) is 9.97. The van der Waals surface area contributed by atoms with Crippen LogP contribution in [0.3, 0.4) is 0 Å². The van der Waals surface area contributed by atoms with Crippen molar-refractivity contribution in [3.63, 3.8) is 0 Å². The van der Waals surface area contributed by atoms with Crippen LogP contribution in [0.1, 0.15) is 23.7 Å². The zero-order chi connectivity index (χ0) is 12.4. The Labute approximate surface area is 100 Å². The lowest BCUT2D eigenvalue weighted by atomic mass is 9.81. The summed E-state index contributed by atoms with van der Waals surface area (Å²) in [4.78, 5) is 11.5. The van der Waals surface area contributed by atoms with E-state index in [1.54, 1.807) is 7.11 Å². The molecule has 2 rings (SSSR count). The minimum atomic E-state index is -0.804. The number of aliphatic hydroxyl groups is 1. The number of hydrogen-bond donors (Lipinski definition) is 1. The number of ether oxygens (including phenoxy) is 2. The lowest BCUT2D eigenvalue weighted by Crippen LogP contribution is -2.28. The first-order chi connectivity index (χ1) is 8.19. The van der Waals surface area contributed by atoms with E-state index in [0.717, 1.165) is 23.3 Å². The summed E-state index contributed by atoms with van der Waals surface area (Å²) in [5.74, 6) is -0.0598. The highest BCUT2D eigenvalue weighted by Crippen LogP contribution is 2.38. The van der Waals surface area contributed by atoms with Crippen molar-refractivity contribution in [2.45, 2.75) is 18.9 Å². The number of methoxy groups -OCH3 is 2. The fourth-order valence-corrected chi connectivity index (χ4v) is 2.39. The van der Waals surface area contributed by atoms with Crippen LogP contribution in [0.5, 0.6) is 5.75 Å². The highest BCUT2D eigenvalue weighted by molar-refractivity contribution is 5.74. The van der Waals surface area contributed by atoms with Gasteiger partial charge in [-0.1, -0.05) is 12.1 Å². The van der Waals surface area contributed by atoms with E-state index in [0.29, 0.717) is 6.42 Å². The summed E-state index contributed by atoms with van der Waals surface area (Å²) in [6.07, 6.45) is 0.499. The van der Waals surface area contributed by atoms with Crippen LogP contribution in [-0.4, -0.2) is 25.3 Å². The predicted molar refractivity (Wildman–Crippen MR) is 61.8 cm³/mol. The molecule has 17 heavy (non-hydrogen) atoms. The minimum Gasteiger partial charge on any atom is -0.496 e. The zero-order valence-corrected chi connectivity index (χ0v) is 9.97. The van der Waals surface area contributed by atoms with E-state index in [-0.39, 0.29) is 5.97 Å². The Morgan fingerprint density at radius 2 is 2.18 bits per heavy atom. The van der Waals surface area contributed by atoms with E-state index >= 15 is 0 Å². The number of fused-ring (bicyclic) bond motifs is 1. The molecule has 1 aliphatic carbocycles. The maximum Gasteiger partial charge on any atom is 0.311 e. The van der Waals surface area contributed by atoms with Gasteiger partial charge >= 0.3 is 5.97 Å². The van der Waals surface area contributed by atoms with E-state index in [9.17, 15) is 9.90 Å². The summed E-state index contributed by atoms with van der Waals surface area (Å²) in [7, 11) is 2.95. The SMILES string of the molecule is COC(=O)[C@H]1CCc2c(OC)cccc2[C@@H]1O. The monoisotopic (exact) mass is 236 g/mol. The Morgan fingerprint density at radius 1 is 1.41 bits per heavy atom. The molecule has 1 aliphatic rings. The molecule has 0 saturated heterocycles. The van der Waals surface area contributed by atoms with Gasteiger partial charge in [-0.2, -0.15) is 0 Å². The Kier molecular flexibility index (Phi) is 3.33. The van der Waals surface area contributed by atoms with Gasteiger partial charge in [0.15, 0.2) is 0 Å². The standard InChI is InChI=1S/C13H16O4/c1-16-11-5-3-4-9-8(11)6-7-10(12(9)14)13(15)17-2/h3-5,10,12,14H,6-7H2,1-2H3/t10-,12-/m0/s1. The number of carbonyl (C=O) groups is 1. The Hall–Kier alpha value is -1.55. The van der Waals surface area contributed by atoms with E-state index in [4.69, 9.17) is 9.47 Å². The first kappa shape index (κ1) is 11.9. The molecule has 0 unspecified atom stereocenters. The molecule has 1 N–H and O–H groups in total. The van der Waals surface area contributed by atoms with Gasteiger partial charge in [0.1, 0.15) is 5.75 Å². The number of rotatable bonds is 2. The average Bonchev–Trinajstić information content (AvgIpc) is 2.38. The molecule has 2 atom stereocenters. The largest absolute Gasteiger partial charge is 0.496 e. The first-order valence-corrected chi connectivity index (χ1v) is 5.60. The summed E-state index contributed by atoms with van der Waals surface area (Å²) in [5.41, 5.74) is 1.76. The summed E-state index contributed by atoms with van der Waals surface area (Å²) in [6.45, 7) is 0. The summed E-state index contributed by atoms with van der Waals surface area (Å²) < 4.78 is 9.96. The molecule has 0 aromatic heterocycles. The molecular formula is C13H16O4. The van der Waals surface area contributed by atoms with Gasteiger partial charge in [0.2, 0.25) is 0 Å². The van der Waals surface area contributed by atoms with Crippen molar-refractivity contribution in [2.24, 2.45) is 5.92 Å². The van der Waals surface area contributed by atoms with E-state index in [2.05, 4.69) is 0 Å². The third-order valence-electron chi connectivity index (χ3n) is 3.30. The number of carbonyl (C=O) groups excluding carboxylic acids is 1. The van der Waals surface area contributed by atoms with E-state index < -0.39 is 12.0 Å². The first-order valence-electron chi connectivity index (χ1n) is 5.60. The van der Waals surface area contributed by atoms with Gasteiger partial charge in [0.05, 0.1) is 26.2 Å². The highest BCUT2D eigenvalue weighted by Gasteiger charge is 2.34. The van der Waals surface area contributed by atoms with Crippen LogP contribution in [0.4, 0.5) is 0 Å². The Bertz CT molecular complexity index is 427. The van der Waals surface area contributed by atoms with Crippen molar-refractivity contribution in [2.75, 3.05) is 14.2 Å². The maximum atomic E-state index is 11.5. The second-order valence-electron chi connectivity index (χ2n) is 4.14. The van der Waals surface area contributed by atoms with E-state index in [1.807, 2.05) is 18.2 Å². The topological polar surface area (TPSA) is 55.8 Å². The maximum absolute atomic E-state index is 11.5.